The first-order chi connectivity index (χ1) is 8.63. The Bertz CT molecular complexity index is 322. The highest BCUT2D eigenvalue weighted by molar-refractivity contribution is 5.27. The Morgan fingerprint density at radius 3 is 2.28 bits per heavy atom. The summed E-state index contributed by atoms with van der Waals surface area (Å²) in [6.45, 7) is 8.53. The Morgan fingerprint density at radius 1 is 1.06 bits per heavy atom. The molecule has 0 amide bonds. The predicted octanol–water partition coefficient (Wildman–Crippen LogP) is 2.85. The average molecular weight is 251 g/mol. The fraction of sp³-hybridized carbons (Fsp3) is 0.600. The zero-order valence-corrected chi connectivity index (χ0v) is 11.9. The van der Waals surface area contributed by atoms with E-state index in [1.54, 1.807) is 0 Å². The highest BCUT2D eigenvalue weighted by Gasteiger charge is 2.06. The number of benzene rings is 1. The summed E-state index contributed by atoms with van der Waals surface area (Å²) in [5.74, 6) is 1.45. The Balaban J connectivity index is 2.23. The summed E-state index contributed by atoms with van der Waals surface area (Å²) in [6.07, 6.45) is 0.284. The van der Waals surface area contributed by atoms with Gasteiger partial charge in [0.05, 0.1) is 12.7 Å². The molecule has 0 aromatic heterocycles. The second-order valence-corrected chi connectivity index (χ2v) is 4.84. The average Bonchev–Trinajstić information content (AvgIpc) is 2.36. The molecule has 0 bridgehead atoms. The van der Waals surface area contributed by atoms with E-state index in [0.29, 0.717) is 19.1 Å². The molecule has 1 unspecified atom stereocenters. The topological polar surface area (TPSA) is 30.5 Å². The highest BCUT2D eigenvalue weighted by Crippen LogP contribution is 2.12. The molecule has 1 aromatic carbocycles. The Kier molecular flexibility index (Phi) is 6.76. The van der Waals surface area contributed by atoms with Crippen molar-refractivity contribution in [1.82, 2.24) is 5.32 Å². The van der Waals surface area contributed by atoms with Crippen molar-refractivity contribution in [3.05, 3.63) is 29.8 Å². The maximum absolute atomic E-state index is 5.65. The van der Waals surface area contributed by atoms with E-state index < -0.39 is 0 Å². The lowest BCUT2D eigenvalue weighted by Gasteiger charge is -2.16. The van der Waals surface area contributed by atoms with Gasteiger partial charge in [0, 0.05) is 6.54 Å². The van der Waals surface area contributed by atoms with Crippen molar-refractivity contribution >= 4 is 0 Å². The summed E-state index contributed by atoms with van der Waals surface area (Å²) < 4.78 is 11.3. The van der Waals surface area contributed by atoms with Crippen molar-refractivity contribution in [2.75, 3.05) is 20.3 Å². The molecule has 0 saturated carbocycles. The second-order valence-electron chi connectivity index (χ2n) is 4.84. The Labute approximate surface area is 110 Å². The van der Waals surface area contributed by atoms with Crippen molar-refractivity contribution in [2.45, 2.75) is 33.4 Å². The van der Waals surface area contributed by atoms with Crippen LogP contribution >= 0.6 is 0 Å². The maximum atomic E-state index is 5.65. The van der Waals surface area contributed by atoms with Gasteiger partial charge in [-0.3, -0.25) is 0 Å². The van der Waals surface area contributed by atoms with Crippen molar-refractivity contribution in [3.8, 4) is 5.75 Å². The lowest BCUT2D eigenvalue weighted by atomic mass is 10.1. The maximum Gasteiger partial charge on any atom is 0.119 e. The van der Waals surface area contributed by atoms with Crippen LogP contribution in [0.15, 0.2) is 24.3 Å². The summed E-state index contributed by atoms with van der Waals surface area (Å²) in [5, 5.41) is 3.12. The van der Waals surface area contributed by atoms with Crippen LogP contribution in [-0.2, 0) is 11.3 Å². The van der Waals surface area contributed by atoms with Gasteiger partial charge in [0.25, 0.3) is 0 Å². The van der Waals surface area contributed by atoms with Gasteiger partial charge >= 0.3 is 0 Å². The smallest absolute Gasteiger partial charge is 0.119 e. The van der Waals surface area contributed by atoms with Crippen LogP contribution in [0.2, 0.25) is 0 Å². The summed E-state index contributed by atoms with van der Waals surface area (Å²) in [5.41, 5.74) is 1.26. The van der Waals surface area contributed by atoms with Crippen molar-refractivity contribution < 1.29 is 9.47 Å². The zero-order valence-electron chi connectivity index (χ0n) is 11.9. The minimum absolute atomic E-state index is 0.284. The number of rotatable bonds is 8. The van der Waals surface area contributed by atoms with Gasteiger partial charge in [-0.05, 0) is 37.6 Å². The van der Waals surface area contributed by atoms with E-state index in [1.165, 1.54) is 5.56 Å². The van der Waals surface area contributed by atoms with E-state index in [2.05, 4.69) is 38.2 Å². The van der Waals surface area contributed by atoms with Crippen LogP contribution in [-0.4, -0.2) is 26.4 Å². The molecule has 1 aromatic rings. The molecule has 1 rings (SSSR count). The van der Waals surface area contributed by atoms with Crippen molar-refractivity contribution in [1.29, 1.82) is 0 Å². The summed E-state index contributed by atoms with van der Waals surface area (Å²) >= 11 is 0. The van der Waals surface area contributed by atoms with Gasteiger partial charge in [-0.15, -0.1) is 0 Å². The fourth-order valence-corrected chi connectivity index (χ4v) is 1.49. The molecule has 0 saturated heterocycles. The number of nitrogens with one attached hydrogen (secondary N) is 1. The van der Waals surface area contributed by atoms with Gasteiger partial charge < -0.3 is 14.8 Å². The van der Waals surface area contributed by atoms with E-state index in [0.717, 1.165) is 12.3 Å². The molecule has 18 heavy (non-hydrogen) atoms. The molecule has 0 heterocycles. The quantitative estimate of drug-likeness (QED) is 0.721. The van der Waals surface area contributed by atoms with Gasteiger partial charge in [-0.25, -0.2) is 0 Å². The first-order valence-corrected chi connectivity index (χ1v) is 6.61. The summed E-state index contributed by atoms with van der Waals surface area (Å²) in [7, 11) is 1.94. The molecule has 1 N–H and O–H groups in total. The first kappa shape index (κ1) is 15.0. The second kappa shape index (κ2) is 8.11. The number of ether oxygens (including phenoxy) is 2. The molecule has 0 aliphatic heterocycles. The zero-order chi connectivity index (χ0) is 13.4. The number of hydrogen-bond acceptors (Lipinski definition) is 3. The van der Waals surface area contributed by atoms with Crippen LogP contribution in [0.1, 0.15) is 26.3 Å². The van der Waals surface area contributed by atoms with Gasteiger partial charge in [0.1, 0.15) is 12.4 Å². The molecule has 3 heteroatoms. The normalized spacial score (nSPS) is 12.7. The molecule has 1 atom stereocenters. The summed E-state index contributed by atoms with van der Waals surface area (Å²) in [6, 6.07) is 8.14. The molecule has 0 aliphatic carbocycles. The first-order valence-electron chi connectivity index (χ1n) is 6.61. The monoisotopic (exact) mass is 251 g/mol. The Morgan fingerprint density at radius 2 is 1.72 bits per heavy atom. The lowest BCUT2D eigenvalue weighted by Crippen LogP contribution is -2.19. The highest BCUT2D eigenvalue weighted by atomic mass is 16.5. The van der Waals surface area contributed by atoms with E-state index in [-0.39, 0.29) is 6.10 Å². The van der Waals surface area contributed by atoms with Crippen molar-refractivity contribution in [2.24, 2.45) is 5.92 Å². The van der Waals surface area contributed by atoms with Crippen LogP contribution in [0.5, 0.6) is 5.75 Å². The minimum atomic E-state index is 0.284. The van der Waals surface area contributed by atoms with E-state index in [1.807, 2.05) is 19.2 Å². The molecule has 0 radical (unpaired) electrons. The number of hydrogen-bond donors (Lipinski definition) is 1. The summed E-state index contributed by atoms with van der Waals surface area (Å²) in [4.78, 5) is 0. The lowest BCUT2D eigenvalue weighted by molar-refractivity contribution is 0.0188. The van der Waals surface area contributed by atoms with Crippen LogP contribution in [0.25, 0.3) is 0 Å². The standard InChI is InChI=1S/C15H25NO2/c1-12(2)13(3)17-9-10-18-15-7-5-14(6-8-15)11-16-4/h5-8,12-13,16H,9-11H2,1-4H3. The van der Waals surface area contributed by atoms with Crippen LogP contribution in [0, 0.1) is 5.92 Å². The largest absolute Gasteiger partial charge is 0.491 e. The molecule has 102 valence electrons. The van der Waals surface area contributed by atoms with E-state index in [4.69, 9.17) is 9.47 Å². The molecule has 0 spiro atoms. The van der Waals surface area contributed by atoms with Crippen LogP contribution < -0.4 is 10.1 Å². The third kappa shape index (κ3) is 5.52. The van der Waals surface area contributed by atoms with Gasteiger partial charge in [-0.2, -0.15) is 0 Å². The third-order valence-electron chi connectivity index (χ3n) is 2.98. The SMILES string of the molecule is CNCc1ccc(OCCOC(C)C(C)C)cc1. The molecular weight excluding hydrogens is 226 g/mol. The Hall–Kier alpha value is -1.06. The van der Waals surface area contributed by atoms with Gasteiger partial charge in [0.15, 0.2) is 0 Å². The molecule has 3 nitrogen and oxygen atoms in total. The van der Waals surface area contributed by atoms with Gasteiger partial charge in [-0.1, -0.05) is 26.0 Å². The van der Waals surface area contributed by atoms with Crippen LogP contribution in [0.3, 0.4) is 0 Å². The van der Waals surface area contributed by atoms with Gasteiger partial charge in [0.2, 0.25) is 0 Å². The molecule has 0 aliphatic rings. The van der Waals surface area contributed by atoms with E-state index >= 15 is 0 Å². The van der Waals surface area contributed by atoms with E-state index in [9.17, 15) is 0 Å². The third-order valence-corrected chi connectivity index (χ3v) is 2.98. The van der Waals surface area contributed by atoms with Crippen LogP contribution in [0.4, 0.5) is 0 Å². The fourth-order valence-electron chi connectivity index (χ4n) is 1.49. The molecular formula is C15H25NO2. The minimum Gasteiger partial charge on any atom is -0.491 e. The van der Waals surface area contributed by atoms with Crippen molar-refractivity contribution in [3.63, 3.8) is 0 Å². The predicted molar refractivity (Wildman–Crippen MR) is 75.0 cm³/mol. The molecule has 0 fully saturated rings.